The highest BCUT2D eigenvalue weighted by atomic mass is 31.0. The Labute approximate surface area is 87.6 Å². The lowest BCUT2D eigenvalue weighted by atomic mass is 10.2. The number of nitrogens with one attached hydrogen (secondary N) is 1. The molecule has 1 atom stereocenters. The summed E-state index contributed by atoms with van der Waals surface area (Å²) in [5.74, 6) is 0.936. The van der Waals surface area contributed by atoms with Gasteiger partial charge in [-0.15, -0.1) is 0 Å². The van der Waals surface area contributed by atoms with Crippen LogP contribution in [0.3, 0.4) is 0 Å². The molecule has 0 bridgehead atoms. The Morgan fingerprint density at radius 1 is 1.43 bits per heavy atom. The summed E-state index contributed by atoms with van der Waals surface area (Å²) in [5, 5.41) is 2.96. The predicted octanol–water partition coefficient (Wildman–Crippen LogP) is 2.48. The predicted molar refractivity (Wildman–Crippen MR) is 64.4 cm³/mol. The summed E-state index contributed by atoms with van der Waals surface area (Å²) in [6.07, 6.45) is 4.06. The zero-order valence-corrected chi connectivity index (χ0v) is 9.52. The summed E-state index contributed by atoms with van der Waals surface area (Å²) < 4.78 is 5.60. The summed E-state index contributed by atoms with van der Waals surface area (Å²) in [6, 6.07) is 8.02. The van der Waals surface area contributed by atoms with E-state index < -0.39 is 0 Å². The molecule has 2 nitrogen and oxygen atoms in total. The van der Waals surface area contributed by atoms with Crippen molar-refractivity contribution in [3.05, 3.63) is 35.9 Å². The second-order valence-electron chi connectivity index (χ2n) is 2.84. The average Bonchev–Trinajstić information content (AvgIpc) is 2.21. The first-order chi connectivity index (χ1) is 6.88. The molecule has 0 saturated heterocycles. The highest BCUT2D eigenvalue weighted by molar-refractivity contribution is 7.13. The molecule has 0 spiro atoms. The second-order valence-corrected chi connectivity index (χ2v) is 3.25. The third kappa shape index (κ3) is 3.49. The molecule has 0 aliphatic heterocycles. The Morgan fingerprint density at radius 3 is 2.93 bits per heavy atom. The summed E-state index contributed by atoms with van der Waals surface area (Å²) in [7, 11) is 2.46. The monoisotopic (exact) mass is 209 g/mol. The molecular weight excluding hydrogens is 193 g/mol. The van der Waals surface area contributed by atoms with Gasteiger partial charge in [0, 0.05) is 12.1 Å². The molecule has 0 aliphatic carbocycles. The number of allylic oxidation sites excluding steroid dienone is 1. The van der Waals surface area contributed by atoms with Crippen molar-refractivity contribution in [1.29, 1.82) is 0 Å². The first kappa shape index (κ1) is 11.2. The van der Waals surface area contributed by atoms with Gasteiger partial charge in [-0.05, 0) is 13.0 Å². The normalized spacial score (nSPS) is 10.7. The van der Waals surface area contributed by atoms with Gasteiger partial charge in [0.15, 0.2) is 0 Å². The number of benzene rings is 1. The van der Waals surface area contributed by atoms with Gasteiger partial charge in [-0.25, -0.2) is 0 Å². The zero-order chi connectivity index (χ0) is 10.2. The van der Waals surface area contributed by atoms with Crippen LogP contribution in [0.15, 0.2) is 30.3 Å². The van der Waals surface area contributed by atoms with Crippen LogP contribution in [0.5, 0.6) is 5.75 Å². The minimum Gasteiger partial charge on any atom is -0.492 e. The van der Waals surface area contributed by atoms with Crippen LogP contribution in [0.25, 0.3) is 6.08 Å². The second kappa shape index (κ2) is 6.58. The van der Waals surface area contributed by atoms with E-state index in [1.54, 1.807) is 0 Å². The van der Waals surface area contributed by atoms with Crippen molar-refractivity contribution in [2.45, 2.75) is 6.92 Å². The molecular formula is C11H16NOP. The molecule has 1 aromatic carbocycles. The average molecular weight is 209 g/mol. The summed E-state index contributed by atoms with van der Waals surface area (Å²) >= 11 is 0. The first-order valence-corrected chi connectivity index (χ1v) is 5.24. The standard InChI is InChI=1S/C11H16NOP/c1-2-5-10-6-3-4-7-11(10)13-9-8-12-14/h2-7,12H,8-9,14H2,1H3/b5-2+. The van der Waals surface area contributed by atoms with E-state index in [2.05, 4.69) is 14.5 Å². The third-order valence-electron chi connectivity index (χ3n) is 1.77. The van der Waals surface area contributed by atoms with E-state index in [1.165, 1.54) is 0 Å². The molecule has 0 fully saturated rings. The molecule has 3 heteroatoms. The Morgan fingerprint density at radius 2 is 2.21 bits per heavy atom. The molecule has 0 aromatic heterocycles. The number of hydrogen-bond donors (Lipinski definition) is 1. The van der Waals surface area contributed by atoms with Crippen molar-refractivity contribution < 1.29 is 4.74 Å². The van der Waals surface area contributed by atoms with Crippen molar-refractivity contribution in [3.8, 4) is 5.75 Å². The lowest BCUT2D eigenvalue weighted by Crippen LogP contribution is -2.11. The maximum Gasteiger partial charge on any atom is 0.126 e. The lowest BCUT2D eigenvalue weighted by Gasteiger charge is -2.08. The van der Waals surface area contributed by atoms with Crippen molar-refractivity contribution in [3.63, 3.8) is 0 Å². The minimum absolute atomic E-state index is 0.679. The molecule has 0 amide bonds. The highest BCUT2D eigenvalue weighted by Gasteiger charge is 1.97. The Balaban J connectivity index is 2.64. The fraction of sp³-hybridized carbons (Fsp3) is 0.273. The molecule has 0 aliphatic rings. The zero-order valence-electron chi connectivity index (χ0n) is 8.36. The van der Waals surface area contributed by atoms with Crippen molar-refractivity contribution in [1.82, 2.24) is 5.09 Å². The fourth-order valence-corrected chi connectivity index (χ4v) is 1.27. The molecule has 14 heavy (non-hydrogen) atoms. The summed E-state index contributed by atoms with van der Waals surface area (Å²) in [6.45, 7) is 3.51. The van der Waals surface area contributed by atoms with E-state index in [-0.39, 0.29) is 0 Å². The van der Waals surface area contributed by atoms with Crippen molar-refractivity contribution in [2.75, 3.05) is 13.2 Å². The van der Waals surface area contributed by atoms with Crippen molar-refractivity contribution in [2.24, 2.45) is 0 Å². The van der Waals surface area contributed by atoms with E-state index in [0.29, 0.717) is 6.61 Å². The number of ether oxygens (including phenoxy) is 1. The molecule has 0 heterocycles. The smallest absolute Gasteiger partial charge is 0.126 e. The molecule has 1 rings (SSSR count). The third-order valence-corrected chi connectivity index (χ3v) is 2.06. The van der Waals surface area contributed by atoms with Gasteiger partial charge < -0.3 is 4.74 Å². The van der Waals surface area contributed by atoms with Crippen LogP contribution >= 0.6 is 9.39 Å². The fourth-order valence-electron chi connectivity index (χ4n) is 1.15. The van der Waals surface area contributed by atoms with E-state index in [0.717, 1.165) is 17.9 Å². The molecule has 0 radical (unpaired) electrons. The van der Waals surface area contributed by atoms with Gasteiger partial charge in [0.1, 0.15) is 12.4 Å². The number of hydrogen-bond acceptors (Lipinski definition) is 2. The molecule has 1 N–H and O–H groups in total. The van der Waals surface area contributed by atoms with Gasteiger partial charge in [0.05, 0.1) is 0 Å². The van der Waals surface area contributed by atoms with Crippen LogP contribution in [0.1, 0.15) is 12.5 Å². The molecule has 76 valence electrons. The molecule has 0 saturated carbocycles. The minimum atomic E-state index is 0.679. The van der Waals surface area contributed by atoms with Crippen LogP contribution in [0, 0.1) is 0 Å². The SMILES string of the molecule is C/C=C/c1ccccc1OCCNP. The van der Waals surface area contributed by atoms with Gasteiger partial charge in [0.2, 0.25) is 0 Å². The van der Waals surface area contributed by atoms with Gasteiger partial charge in [-0.2, -0.15) is 0 Å². The quantitative estimate of drug-likeness (QED) is 0.594. The summed E-state index contributed by atoms with van der Waals surface area (Å²) in [4.78, 5) is 0. The van der Waals surface area contributed by atoms with Gasteiger partial charge in [-0.3, -0.25) is 5.09 Å². The van der Waals surface area contributed by atoms with Crippen LogP contribution in [0.4, 0.5) is 0 Å². The maximum atomic E-state index is 5.60. The van der Waals surface area contributed by atoms with Crippen LogP contribution in [-0.2, 0) is 0 Å². The Hall–Kier alpha value is -0.850. The van der Waals surface area contributed by atoms with Gasteiger partial charge >= 0.3 is 0 Å². The van der Waals surface area contributed by atoms with E-state index in [1.807, 2.05) is 43.3 Å². The van der Waals surface area contributed by atoms with Crippen LogP contribution < -0.4 is 9.82 Å². The first-order valence-electron chi connectivity index (χ1n) is 4.66. The van der Waals surface area contributed by atoms with E-state index >= 15 is 0 Å². The van der Waals surface area contributed by atoms with E-state index in [9.17, 15) is 0 Å². The van der Waals surface area contributed by atoms with Crippen LogP contribution in [0.2, 0.25) is 0 Å². The Bertz CT molecular complexity index is 299. The number of rotatable bonds is 5. The molecule has 1 unspecified atom stereocenters. The maximum absolute atomic E-state index is 5.60. The highest BCUT2D eigenvalue weighted by Crippen LogP contribution is 2.18. The van der Waals surface area contributed by atoms with Crippen LogP contribution in [-0.4, -0.2) is 13.2 Å². The Kier molecular flexibility index (Phi) is 5.28. The topological polar surface area (TPSA) is 21.3 Å². The lowest BCUT2D eigenvalue weighted by molar-refractivity contribution is 0.324. The molecule has 1 aromatic rings. The van der Waals surface area contributed by atoms with Gasteiger partial charge in [0.25, 0.3) is 0 Å². The van der Waals surface area contributed by atoms with Gasteiger partial charge in [-0.1, -0.05) is 39.7 Å². The number of para-hydroxylation sites is 1. The largest absolute Gasteiger partial charge is 0.492 e. The summed E-state index contributed by atoms with van der Waals surface area (Å²) in [5.41, 5.74) is 1.12. The van der Waals surface area contributed by atoms with E-state index in [4.69, 9.17) is 4.74 Å². The van der Waals surface area contributed by atoms with Crippen molar-refractivity contribution >= 4 is 15.5 Å².